The topological polar surface area (TPSA) is 101 Å². The van der Waals surface area contributed by atoms with E-state index in [4.69, 9.17) is 11.5 Å². The van der Waals surface area contributed by atoms with E-state index >= 15 is 0 Å². The van der Waals surface area contributed by atoms with Crippen molar-refractivity contribution >= 4 is 11.8 Å². The van der Waals surface area contributed by atoms with Crippen LogP contribution < -0.4 is 16.8 Å². The second-order valence-corrected chi connectivity index (χ2v) is 3.46. The average Bonchev–Trinajstić information content (AvgIpc) is 2.16. The molecule has 2 amide bonds. The van der Waals surface area contributed by atoms with Crippen molar-refractivity contribution in [2.24, 2.45) is 11.5 Å². The number of primary amides is 1. The smallest absolute Gasteiger partial charge is 0.237 e. The Balaban J connectivity index is 3.69. The van der Waals surface area contributed by atoms with E-state index in [1.165, 1.54) is 0 Å². The summed E-state index contributed by atoms with van der Waals surface area (Å²) in [4.78, 5) is 23.8. The molecular formula is C9H20N4O2. The van der Waals surface area contributed by atoms with Gasteiger partial charge in [0.2, 0.25) is 11.8 Å². The van der Waals surface area contributed by atoms with Crippen LogP contribution in [0.5, 0.6) is 0 Å². The summed E-state index contributed by atoms with van der Waals surface area (Å²) < 4.78 is 0. The summed E-state index contributed by atoms with van der Waals surface area (Å²) in [6.45, 7) is 4.23. The van der Waals surface area contributed by atoms with E-state index in [0.29, 0.717) is 6.54 Å². The molecule has 0 heterocycles. The maximum absolute atomic E-state index is 11.3. The summed E-state index contributed by atoms with van der Waals surface area (Å²) in [7, 11) is 1.95. The Morgan fingerprint density at radius 2 is 2.07 bits per heavy atom. The molecule has 0 aromatic rings. The fraction of sp³-hybridized carbons (Fsp3) is 0.778. The highest BCUT2D eigenvalue weighted by atomic mass is 16.2. The maximum atomic E-state index is 11.3. The molecule has 0 rings (SSSR count). The van der Waals surface area contributed by atoms with Gasteiger partial charge in [0.1, 0.15) is 0 Å². The fourth-order valence-electron chi connectivity index (χ4n) is 0.969. The van der Waals surface area contributed by atoms with Gasteiger partial charge in [0.15, 0.2) is 0 Å². The molecule has 0 aliphatic rings. The maximum Gasteiger partial charge on any atom is 0.237 e. The van der Waals surface area contributed by atoms with Crippen molar-refractivity contribution in [2.45, 2.75) is 19.4 Å². The second kappa shape index (κ2) is 7.19. The molecular weight excluding hydrogens is 196 g/mol. The van der Waals surface area contributed by atoms with Crippen molar-refractivity contribution in [1.82, 2.24) is 10.2 Å². The first kappa shape index (κ1) is 13.9. The Morgan fingerprint density at radius 3 is 2.53 bits per heavy atom. The zero-order chi connectivity index (χ0) is 11.8. The number of nitrogens with two attached hydrogens (primary N) is 2. The van der Waals surface area contributed by atoms with Crippen LogP contribution in [-0.4, -0.2) is 49.4 Å². The first-order valence-corrected chi connectivity index (χ1v) is 4.97. The number of amides is 2. The molecule has 6 nitrogen and oxygen atoms in total. The molecule has 1 unspecified atom stereocenters. The molecule has 15 heavy (non-hydrogen) atoms. The Bertz CT molecular complexity index is 220. The van der Waals surface area contributed by atoms with Crippen molar-refractivity contribution in [3.05, 3.63) is 0 Å². The van der Waals surface area contributed by atoms with E-state index in [1.54, 1.807) is 0 Å². The summed E-state index contributed by atoms with van der Waals surface area (Å²) >= 11 is 0. The minimum atomic E-state index is -0.838. The minimum absolute atomic E-state index is 0.116. The lowest BCUT2D eigenvalue weighted by Gasteiger charge is -2.15. The molecule has 0 aromatic carbocycles. The van der Waals surface area contributed by atoms with E-state index in [0.717, 1.165) is 13.1 Å². The highest BCUT2D eigenvalue weighted by Gasteiger charge is 2.14. The number of carbonyl (C=O) groups excluding carboxylic acids is 2. The van der Waals surface area contributed by atoms with Gasteiger partial charge in [-0.2, -0.15) is 0 Å². The highest BCUT2D eigenvalue weighted by molar-refractivity contribution is 5.87. The molecule has 0 bridgehead atoms. The van der Waals surface area contributed by atoms with E-state index in [2.05, 4.69) is 10.2 Å². The van der Waals surface area contributed by atoms with Gasteiger partial charge in [-0.1, -0.05) is 6.92 Å². The third-order valence-electron chi connectivity index (χ3n) is 2.09. The molecule has 0 radical (unpaired) electrons. The molecule has 5 N–H and O–H groups in total. The Hall–Kier alpha value is -1.14. The van der Waals surface area contributed by atoms with Crippen LogP contribution in [0, 0.1) is 0 Å². The number of hydrogen-bond acceptors (Lipinski definition) is 4. The van der Waals surface area contributed by atoms with E-state index in [-0.39, 0.29) is 12.3 Å². The van der Waals surface area contributed by atoms with Gasteiger partial charge in [0, 0.05) is 13.1 Å². The van der Waals surface area contributed by atoms with E-state index in [9.17, 15) is 9.59 Å². The van der Waals surface area contributed by atoms with Crippen molar-refractivity contribution in [3.63, 3.8) is 0 Å². The van der Waals surface area contributed by atoms with E-state index in [1.807, 2.05) is 14.0 Å². The first-order chi connectivity index (χ1) is 6.97. The predicted molar refractivity (Wildman–Crippen MR) is 58.0 cm³/mol. The zero-order valence-corrected chi connectivity index (χ0v) is 9.32. The number of likely N-dealkylation sites (N-methyl/N-ethyl adjacent to an activating group) is 1. The van der Waals surface area contributed by atoms with Crippen molar-refractivity contribution in [1.29, 1.82) is 0 Å². The van der Waals surface area contributed by atoms with Gasteiger partial charge in [-0.15, -0.1) is 0 Å². The first-order valence-electron chi connectivity index (χ1n) is 4.97. The summed E-state index contributed by atoms with van der Waals surface area (Å²) in [6, 6.07) is -0.838. The van der Waals surface area contributed by atoms with Gasteiger partial charge < -0.3 is 21.7 Å². The minimum Gasteiger partial charge on any atom is -0.370 e. The summed E-state index contributed by atoms with van der Waals surface area (Å²) in [6.07, 6.45) is -0.116. The monoisotopic (exact) mass is 216 g/mol. The Kier molecular flexibility index (Phi) is 6.64. The molecule has 0 spiro atoms. The van der Waals surface area contributed by atoms with E-state index < -0.39 is 11.9 Å². The van der Waals surface area contributed by atoms with Gasteiger partial charge in [-0.25, -0.2) is 0 Å². The van der Waals surface area contributed by atoms with Crippen LogP contribution in [0.15, 0.2) is 0 Å². The number of nitrogens with zero attached hydrogens (tertiary/aromatic N) is 1. The third kappa shape index (κ3) is 6.87. The van der Waals surface area contributed by atoms with Gasteiger partial charge in [-0.05, 0) is 13.6 Å². The number of hydrogen-bond donors (Lipinski definition) is 3. The van der Waals surface area contributed by atoms with Gasteiger partial charge in [-0.3, -0.25) is 9.59 Å². The lowest BCUT2D eigenvalue weighted by Crippen LogP contribution is -2.44. The van der Waals surface area contributed by atoms with Crippen LogP contribution in [0.25, 0.3) is 0 Å². The van der Waals surface area contributed by atoms with Crippen LogP contribution in [0.4, 0.5) is 0 Å². The number of nitrogens with one attached hydrogen (secondary N) is 1. The summed E-state index contributed by atoms with van der Waals surface area (Å²) in [5.74, 6) is -0.901. The molecule has 1 atom stereocenters. The van der Waals surface area contributed by atoms with Crippen molar-refractivity contribution in [3.8, 4) is 0 Å². The molecule has 0 aliphatic heterocycles. The lowest BCUT2D eigenvalue weighted by atomic mass is 10.2. The van der Waals surface area contributed by atoms with Crippen LogP contribution in [0.3, 0.4) is 0 Å². The molecule has 6 heteroatoms. The molecule has 0 aromatic heterocycles. The fourth-order valence-corrected chi connectivity index (χ4v) is 0.969. The van der Waals surface area contributed by atoms with Crippen LogP contribution in [0.2, 0.25) is 0 Å². The molecule has 0 aliphatic carbocycles. The zero-order valence-electron chi connectivity index (χ0n) is 9.32. The second-order valence-electron chi connectivity index (χ2n) is 3.46. The molecule has 88 valence electrons. The highest BCUT2D eigenvalue weighted by Crippen LogP contribution is 1.87. The number of rotatable bonds is 7. The SMILES string of the molecule is CCN(C)CCNC(=O)C(N)CC(N)=O. The quantitative estimate of drug-likeness (QED) is 0.470. The van der Waals surface area contributed by atoms with Gasteiger partial charge in [0.25, 0.3) is 0 Å². The predicted octanol–water partition coefficient (Wildman–Crippen LogP) is -1.74. The Morgan fingerprint density at radius 1 is 1.47 bits per heavy atom. The van der Waals surface area contributed by atoms with Crippen LogP contribution in [0.1, 0.15) is 13.3 Å². The van der Waals surface area contributed by atoms with Gasteiger partial charge >= 0.3 is 0 Å². The van der Waals surface area contributed by atoms with Crippen molar-refractivity contribution in [2.75, 3.05) is 26.7 Å². The molecule has 0 saturated carbocycles. The Labute approximate surface area is 90.0 Å². The molecule has 0 saturated heterocycles. The standard InChI is InChI=1S/C9H20N4O2/c1-3-13(2)5-4-12-9(15)7(10)6-8(11)14/h7H,3-6,10H2,1-2H3,(H2,11,14)(H,12,15). The van der Waals surface area contributed by atoms with Crippen LogP contribution in [-0.2, 0) is 9.59 Å². The summed E-state index contributed by atoms with van der Waals surface area (Å²) in [5.41, 5.74) is 10.4. The normalized spacial score (nSPS) is 12.5. The van der Waals surface area contributed by atoms with Crippen molar-refractivity contribution < 1.29 is 9.59 Å². The summed E-state index contributed by atoms with van der Waals surface area (Å²) in [5, 5.41) is 2.64. The van der Waals surface area contributed by atoms with Crippen LogP contribution >= 0.6 is 0 Å². The lowest BCUT2D eigenvalue weighted by molar-refractivity contribution is -0.126. The van der Waals surface area contributed by atoms with Gasteiger partial charge in [0.05, 0.1) is 12.5 Å². The average molecular weight is 216 g/mol. The largest absolute Gasteiger partial charge is 0.370 e. The third-order valence-corrected chi connectivity index (χ3v) is 2.09. The molecule has 0 fully saturated rings. The number of carbonyl (C=O) groups is 2.